The molecule has 29 heavy (non-hydrogen) atoms. The summed E-state index contributed by atoms with van der Waals surface area (Å²) in [6, 6.07) is 9.07. The Kier molecular flexibility index (Phi) is 4.75. The highest BCUT2D eigenvalue weighted by molar-refractivity contribution is 6.05. The molecule has 8 nitrogen and oxygen atoms in total. The molecule has 0 saturated carbocycles. The van der Waals surface area contributed by atoms with Crippen LogP contribution in [-0.2, 0) is 24.8 Å². The van der Waals surface area contributed by atoms with E-state index in [0.29, 0.717) is 30.8 Å². The number of benzene rings is 1. The zero-order valence-corrected chi connectivity index (χ0v) is 16.3. The number of nitrogens with one attached hydrogen (secondary N) is 1. The average Bonchev–Trinajstić information content (AvgIpc) is 3.23. The number of aryl methyl sites for hydroxylation is 1. The standard InChI is InChI=1S/C21H21N5O3/c1-14(27)25-10-7-18-15(13-25)12-24(2)21(29)19(18)20(28)23-16-5-3-6-17(11-16)26-9-4-8-22-26/h3-6,8-9,11-12H,7,10,13H2,1-2H3,(H,23,28). The molecular weight excluding hydrogens is 370 g/mol. The first-order chi connectivity index (χ1) is 13.9. The Morgan fingerprint density at radius 2 is 2.03 bits per heavy atom. The Hall–Kier alpha value is -3.68. The summed E-state index contributed by atoms with van der Waals surface area (Å²) in [5.74, 6) is -0.470. The molecule has 3 aromatic rings. The van der Waals surface area contributed by atoms with Crippen molar-refractivity contribution in [2.24, 2.45) is 7.05 Å². The first kappa shape index (κ1) is 18.7. The van der Waals surface area contributed by atoms with Crippen molar-refractivity contribution < 1.29 is 9.59 Å². The summed E-state index contributed by atoms with van der Waals surface area (Å²) in [7, 11) is 1.62. The van der Waals surface area contributed by atoms with Gasteiger partial charge in [-0.3, -0.25) is 14.4 Å². The van der Waals surface area contributed by atoms with Gasteiger partial charge in [0.05, 0.1) is 5.69 Å². The molecule has 0 unspecified atom stereocenters. The number of carbonyl (C=O) groups excluding carboxylic acids is 2. The van der Waals surface area contributed by atoms with Crippen molar-refractivity contribution in [2.45, 2.75) is 19.9 Å². The highest BCUT2D eigenvalue weighted by Crippen LogP contribution is 2.22. The van der Waals surface area contributed by atoms with Gasteiger partial charge in [0.1, 0.15) is 5.56 Å². The summed E-state index contributed by atoms with van der Waals surface area (Å²) >= 11 is 0. The van der Waals surface area contributed by atoms with Gasteiger partial charge in [0, 0.05) is 51.3 Å². The lowest BCUT2D eigenvalue weighted by Gasteiger charge is -2.29. The quantitative estimate of drug-likeness (QED) is 0.736. The van der Waals surface area contributed by atoms with Crippen LogP contribution in [0.2, 0.25) is 0 Å². The minimum absolute atomic E-state index is 0.0223. The molecular formula is C21H21N5O3. The maximum atomic E-state index is 13.0. The number of carbonyl (C=O) groups is 2. The lowest BCUT2D eigenvalue weighted by Crippen LogP contribution is -2.39. The number of fused-ring (bicyclic) bond motifs is 1. The van der Waals surface area contributed by atoms with Crippen LogP contribution in [0.15, 0.2) is 53.7 Å². The Morgan fingerprint density at radius 3 is 2.76 bits per heavy atom. The van der Waals surface area contributed by atoms with Gasteiger partial charge in [0.2, 0.25) is 5.91 Å². The van der Waals surface area contributed by atoms with E-state index in [2.05, 4.69) is 10.4 Å². The van der Waals surface area contributed by atoms with Crippen LogP contribution in [0.1, 0.15) is 28.4 Å². The second kappa shape index (κ2) is 7.38. The Morgan fingerprint density at radius 1 is 1.21 bits per heavy atom. The van der Waals surface area contributed by atoms with Gasteiger partial charge in [-0.15, -0.1) is 0 Å². The first-order valence-electron chi connectivity index (χ1n) is 9.32. The maximum Gasteiger partial charge on any atom is 0.263 e. The molecule has 0 fully saturated rings. The van der Waals surface area contributed by atoms with Crippen LogP contribution in [0.4, 0.5) is 5.69 Å². The second-order valence-corrected chi connectivity index (χ2v) is 7.07. The number of aromatic nitrogens is 3. The van der Waals surface area contributed by atoms with Gasteiger partial charge in [-0.2, -0.15) is 5.10 Å². The molecule has 0 bridgehead atoms. The molecule has 2 amide bonds. The minimum Gasteiger partial charge on any atom is -0.338 e. The molecule has 2 aromatic heterocycles. The minimum atomic E-state index is -0.448. The van der Waals surface area contributed by atoms with E-state index in [0.717, 1.165) is 11.3 Å². The first-order valence-corrected chi connectivity index (χ1v) is 9.32. The van der Waals surface area contributed by atoms with Crippen LogP contribution in [0, 0.1) is 0 Å². The summed E-state index contributed by atoms with van der Waals surface area (Å²) in [5, 5.41) is 7.03. The molecule has 0 aliphatic carbocycles. The van der Waals surface area contributed by atoms with E-state index in [1.165, 1.54) is 11.5 Å². The van der Waals surface area contributed by atoms with Crippen LogP contribution in [-0.4, -0.2) is 37.6 Å². The van der Waals surface area contributed by atoms with Gasteiger partial charge < -0.3 is 14.8 Å². The fourth-order valence-electron chi connectivity index (χ4n) is 3.63. The number of nitrogens with zero attached hydrogens (tertiary/aromatic N) is 4. The highest BCUT2D eigenvalue weighted by Gasteiger charge is 2.26. The summed E-state index contributed by atoms with van der Waals surface area (Å²) in [6.45, 7) is 2.41. The van der Waals surface area contributed by atoms with Crippen LogP contribution < -0.4 is 10.9 Å². The predicted molar refractivity (Wildman–Crippen MR) is 108 cm³/mol. The van der Waals surface area contributed by atoms with Crippen molar-refractivity contribution in [3.8, 4) is 5.69 Å². The number of amides is 2. The van der Waals surface area contributed by atoms with Crippen LogP contribution in [0.5, 0.6) is 0 Å². The fraction of sp³-hybridized carbons (Fsp3) is 0.238. The van der Waals surface area contributed by atoms with Crippen LogP contribution in [0.25, 0.3) is 5.69 Å². The van der Waals surface area contributed by atoms with Crippen molar-refractivity contribution in [2.75, 3.05) is 11.9 Å². The fourth-order valence-corrected chi connectivity index (χ4v) is 3.63. The molecule has 1 aliphatic rings. The third kappa shape index (κ3) is 3.56. The number of anilines is 1. The maximum absolute atomic E-state index is 13.0. The molecule has 0 saturated heterocycles. The molecule has 0 atom stereocenters. The van der Waals surface area contributed by atoms with E-state index < -0.39 is 5.91 Å². The molecule has 148 valence electrons. The zero-order valence-electron chi connectivity index (χ0n) is 16.3. The Labute approximate surface area is 167 Å². The van der Waals surface area contributed by atoms with Crippen molar-refractivity contribution in [3.63, 3.8) is 0 Å². The molecule has 8 heteroatoms. The summed E-state index contributed by atoms with van der Waals surface area (Å²) < 4.78 is 3.09. The van der Waals surface area contributed by atoms with E-state index in [-0.39, 0.29) is 17.0 Å². The van der Waals surface area contributed by atoms with Crippen LogP contribution >= 0.6 is 0 Å². The smallest absolute Gasteiger partial charge is 0.263 e. The van der Waals surface area contributed by atoms with Crippen molar-refractivity contribution in [1.82, 2.24) is 19.2 Å². The average molecular weight is 391 g/mol. The van der Waals surface area contributed by atoms with Gasteiger partial charge in [-0.25, -0.2) is 4.68 Å². The number of rotatable bonds is 3. The molecule has 4 rings (SSSR count). The van der Waals surface area contributed by atoms with E-state index in [9.17, 15) is 14.4 Å². The van der Waals surface area contributed by atoms with E-state index in [1.54, 1.807) is 41.2 Å². The topological polar surface area (TPSA) is 89.2 Å². The molecule has 3 heterocycles. The molecule has 1 aromatic carbocycles. The monoisotopic (exact) mass is 391 g/mol. The van der Waals surface area contributed by atoms with Crippen molar-refractivity contribution >= 4 is 17.5 Å². The van der Waals surface area contributed by atoms with Crippen LogP contribution in [0.3, 0.4) is 0 Å². The second-order valence-electron chi connectivity index (χ2n) is 7.07. The van der Waals surface area contributed by atoms with E-state index in [1.807, 2.05) is 24.4 Å². The number of hydrogen-bond donors (Lipinski definition) is 1. The van der Waals surface area contributed by atoms with Gasteiger partial charge in [-0.1, -0.05) is 6.07 Å². The van der Waals surface area contributed by atoms with Gasteiger partial charge in [-0.05, 0) is 41.8 Å². The van der Waals surface area contributed by atoms with Crippen molar-refractivity contribution in [3.05, 3.63) is 76.0 Å². The summed E-state index contributed by atoms with van der Waals surface area (Å²) in [6.07, 6.45) is 5.67. The summed E-state index contributed by atoms with van der Waals surface area (Å²) in [5.41, 5.74) is 2.70. The third-order valence-electron chi connectivity index (χ3n) is 5.11. The van der Waals surface area contributed by atoms with E-state index >= 15 is 0 Å². The summed E-state index contributed by atoms with van der Waals surface area (Å²) in [4.78, 5) is 39.2. The molecule has 1 N–H and O–H groups in total. The molecule has 0 spiro atoms. The molecule has 0 radical (unpaired) electrons. The van der Waals surface area contributed by atoms with Gasteiger partial charge in [0.15, 0.2) is 0 Å². The van der Waals surface area contributed by atoms with Gasteiger partial charge in [0.25, 0.3) is 11.5 Å². The predicted octanol–water partition coefficient (Wildman–Crippen LogP) is 1.73. The van der Waals surface area contributed by atoms with Crippen molar-refractivity contribution in [1.29, 1.82) is 0 Å². The highest BCUT2D eigenvalue weighted by atomic mass is 16.2. The molecule has 1 aliphatic heterocycles. The number of hydrogen-bond acceptors (Lipinski definition) is 4. The normalized spacial score (nSPS) is 13.1. The largest absolute Gasteiger partial charge is 0.338 e. The third-order valence-corrected chi connectivity index (χ3v) is 5.11. The lowest BCUT2D eigenvalue weighted by atomic mass is 9.96. The Bertz CT molecular complexity index is 1150. The zero-order chi connectivity index (χ0) is 20.5. The SMILES string of the molecule is CC(=O)N1CCc2c(cn(C)c(=O)c2C(=O)Nc2cccc(-n3cccn3)c2)C1. The van der Waals surface area contributed by atoms with E-state index in [4.69, 9.17) is 0 Å². The Balaban J connectivity index is 1.67. The lowest BCUT2D eigenvalue weighted by molar-refractivity contribution is -0.129. The number of pyridine rings is 1. The van der Waals surface area contributed by atoms with Gasteiger partial charge >= 0.3 is 0 Å².